The number of aliphatic carboxylic acids is 1. The predicted molar refractivity (Wildman–Crippen MR) is 83.8 cm³/mol. The van der Waals surface area contributed by atoms with Crippen LogP contribution >= 0.6 is 0 Å². The molecule has 1 unspecified atom stereocenters. The number of carbonyl (C=O) groups excluding carboxylic acids is 1. The van der Waals surface area contributed by atoms with Gasteiger partial charge in [-0.05, 0) is 23.8 Å². The summed E-state index contributed by atoms with van der Waals surface area (Å²) in [6, 6.07) is 10.4. The molecule has 0 spiro atoms. The number of hydrogen-bond donors (Lipinski definition) is 3. The van der Waals surface area contributed by atoms with Gasteiger partial charge in [-0.2, -0.15) is 0 Å². The van der Waals surface area contributed by atoms with E-state index in [1.54, 1.807) is 30.3 Å². The molecule has 0 aromatic heterocycles. The van der Waals surface area contributed by atoms with E-state index < -0.39 is 34.3 Å². The number of rotatable bonds is 6. The highest BCUT2D eigenvalue weighted by Gasteiger charge is 2.23. The van der Waals surface area contributed by atoms with Crippen molar-refractivity contribution in [3.05, 3.63) is 69.8 Å². The summed E-state index contributed by atoms with van der Waals surface area (Å²) in [5.74, 6) is -2.34. The molecule has 0 saturated carbocycles. The lowest BCUT2D eigenvalue weighted by atomic mass is 10.0. The minimum absolute atomic E-state index is 0.158. The third-order valence-electron chi connectivity index (χ3n) is 3.32. The summed E-state index contributed by atoms with van der Waals surface area (Å²) in [7, 11) is 0. The number of aromatic hydroxyl groups is 1. The Labute approximate surface area is 136 Å². The van der Waals surface area contributed by atoms with Crippen molar-refractivity contribution >= 4 is 17.6 Å². The Morgan fingerprint density at radius 2 is 1.83 bits per heavy atom. The molecule has 2 rings (SSSR count). The quantitative estimate of drug-likeness (QED) is 0.546. The first-order valence-corrected chi connectivity index (χ1v) is 6.93. The zero-order chi connectivity index (χ0) is 17.7. The molecule has 1 atom stereocenters. The van der Waals surface area contributed by atoms with E-state index in [1.807, 2.05) is 0 Å². The molecule has 1 amide bonds. The van der Waals surface area contributed by atoms with Gasteiger partial charge in [-0.1, -0.05) is 24.3 Å². The Hall–Kier alpha value is -3.42. The lowest BCUT2D eigenvalue weighted by Gasteiger charge is -2.14. The van der Waals surface area contributed by atoms with Crippen LogP contribution in [0.4, 0.5) is 5.69 Å². The largest absolute Gasteiger partial charge is 0.502 e. The summed E-state index contributed by atoms with van der Waals surface area (Å²) in [6.45, 7) is 0. The van der Waals surface area contributed by atoms with Crippen molar-refractivity contribution in [2.24, 2.45) is 0 Å². The van der Waals surface area contributed by atoms with Crippen molar-refractivity contribution in [3.63, 3.8) is 0 Å². The van der Waals surface area contributed by atoms with E-state index in [0.717, 1.165) is 12.1 Å². The maximum atomic E-state index is 12.1. The average Bonchev–Trinajstić information content (AvgIpc) is 2.56. The van der Waals surface area contributed by atoms with Crippen LogP contribution in [-0.4, -0.2) is 33.1 Å². The van der Waals surface area contributed by atoms with Gasteiger partial charge >= 0.3 is 11.7 Å². The molecule has 0 aliphatic rings. The van der Waals surface area contributed by atoms with Gasteiger partial charge in [-0.25, -0.2) is 4.79 Å². The molecule has 0 bridgehead atoms. The first-order chi connectivity index (χ1) is 11.4. The highest BCUT2D eigenvalue weighted by Crippen LogP contribution is 2.26. The second-order valence-electron chi connectivity index (χ2n) is 5.01. The van der Waals surface area contributed by atoms with Crippen LogP contribution in [0.2, 0.25) is 0 Å². The molecule has 0 aliphatic carbocycles. The third-order valence-corrected chi connectivity index (χ3v) is 3.32. The van der Waals surface area contributed by atoms with Gasteiger partial charge in [0.2, 0.25) is 0 Å². The fourth-order valence-corrected chi connectivity index (χ4v) is 2.11. The van der Waals surface area contributed by atoms with Gasteiger partial charge in [0, 0.05) is 18.1 Å². The number of nitro benzene ring substituents is 1. The Kier molecular flexibility index (Phi) is 5.10. The molecule has 0 saturated heterocycles. The van der Waals surface area contributed by atoms with Gasteiger partial charge < -0.3 is 15.5 Å². The Morgan fingerprint density at radius 3 is 2.42 bits per heavy atom. The SMILES string of the molecule is O=C(NC(Cc1ccc(O)c([N+](=O)[O-])c1)C(=O)O)c1ccccc1. The van der Waals surface area contributed by atoms with Gasteiger partial charge in [-0.15, -0.1) is 0 Å². The Balaban J connectivity index is 2.17. The number of nitro groups is 1. The molecule has 124 valence electrons. The number of carboxylic acid groups (broad SMARTS) is 1. The lowest BCUT2D eigenvalue weighted by molar-refractivity contribution is -0.385. The van der Waals surface area contributed by atoms with Crippen molar-refractivity contribution in [3.8, 4) is 5.75 Å². The second-order valence-corrected chi connectivity index (χ2v) is 5.01. The van der Waals surface area contributed by atoms with Gasteiger partial charge in [0.15, 0.2) is 5.75 Å². The van der Waals surface area contributed by atoms with Crippen LogP contribution in [0.3, 0.4) is 0 Å². The number of nitrogens with zero attached hydrogens (tertiary/aromatic N) is 1. The van der Waals surface area contributed by atoms with E-state index in [1.165, 1.54) is 6.07 Å². The molecule has 2 aromatic carbocycles. The van der Waals surface area contributed by atoms with Crippen LogP contribution in [0, 0.1) is 10.1 Å². The molecule has 3 N–H and O–H groups in total. The molecule has 0 fully saturated rings. The summed E-state index contributed by atoms with van der Waals surface area (Å²) in [5, 5.41) is 31.9. The van der Waals surface area contributed by atoms with Gasteiger partial charge in [0.1, 0.15) is 6.04 Å². The minimum Gasteiger partial charge on any atom is -0.502 e. The second kappa shape index (κ2) is 7.23. The maximum Gasteiger partial charge on any atom is 0.326 e. The number of benzene rings is 2. The number of phenols is 1. The van der Waals surface area contributed by atoms with E-state index >= 15 is 0 Å². The highest BCUT2D eigenvalue weighted by molar-refractivity contribution is 5.96. The number of amides is 1. The van der Waals surface area contributed by atoms with Crippen LogP contribution in [0.25, 0.3) is 0 Å². The molecule has 8 heteroatoms. The third kappa shape index (κ3) is 4.07. The maximum absolute atomic E-state index is 12.1. The molecular weight excluding hydrogens is 316 g/mol. The van der Waals surface area contributed by atoms with Crippen molar-refractivity contribution in [1.29, 1.82) is 0 Å². The van der Waals surface area contributed by atoms with Crippen LogP contribution in [0.15, 0.2) is 48.5 Å². The molecule has 0 aliphatic heterocycles. The molecular formula is C16H14N2O6. The van der Waals surface area contributed by atoms with Crippen LogP contribution in [0.5, 0.6) is 5.75 Å². The highest BCUT2D eigenvalue weighted by atomic mass is 16.6. The summed E-state index contributed by atoms with van der Waals surface area (Å²) >= 11 is 0. The first-order valence-electron chi connectivity index (χ1n) is 6.93. The summed E-state index contributed by atoms with van der Waals surface area (Å²) in [4.78, 5) is 33.5. The molecule has 2 aromatic rings. The van der Waals surface area contributed by atoms with E-state index in [4.69, 9.17) is 0 Å². The fraction of sp³-hybridized carbons (Fsp3) is 0.125. The summed E-state index contributed by atoms with van der Waals surface area (Å²) in [5.41, 5.74) is 0.0896. The number of hydrogen-bond acceptors (Lipinski definition) is 5. The van der Waals surface area contributed by atoms with Gasteiger partial charge in [0.05, 0.1) is 4.92 Å². The summed E-state index contributed by atoms with van der Waals surface area (Å²) < 4.78 is 0. The minimum atomic E-state index is -1.27. The van der Waals surface area contributed by atoms with E-state index in [9.17, 15) is 29.9 Å². The number of carbonyl (C=O) groups is 2. The lowest BCUT2D eigenvalue weighted by Crippen LogP contribution is -2.42. The van der Waals surface area contributed by atoms with Crippen molar-refractivity contribution in [1.82, 2.24) is 5.32 Å². The topological polar surface area (TPSA) is 130 Å². The first kappa shape index (κ1) is 16.9. The van der Waals surface area contributed by atoms with Crippen molar-refractivity contribution in [2.45, 2.75) is 12.5 Å². The number of carboxylic acids is 1. The standard InChI is InChI=1S/C16H14N2O6/c19-14-7-6-10(9-13(14)18(23)24)8-12(16(21)22)17-15(20)11-4-2-1-3-5-11/h1-7,9,12,19H,8H2,(H,17,20)(H,21,22). The van der Waals surface area contributed by atoms with E-state index in [0.29, 0.717) is 11.1 Å². The normalized spacial score (nSPS) is 11.5. The molecule has 0 radical (unpaired) electrons. The van der Waals surface area contributed by atoms with Crippen molar-refractivity contribution in [2.75, 3.05) is 0 Å². The zero-order valence-electron chi connectivity index (χ0n) is 12.4. The van der Waals surface area contributed by atoms with Crippen molar-refractivity contribution < 1.29 is 24.7 Å². The average molecular weight is 330 g/mol. The van der Waals surface area contributed by atoms with Crippen LogP contribution < -0.4 is 5.32 Å². The Bertz CT molecular complexity index is 775. The zero-order valence-corrected chi connectivity index (χ0v) is 12.4. The van der Waals surface area contributed by atoms with Gasteiger partial charge in [0.25, 0.3) is 5.91 Å². The number of nitrogens with one attached hydrogen (secondary N) is 1. The molecule has 8 nitrogen and oxygen atoms in total. The number of phenolic OH excluding ortho intramolecular Hbond substituents is 1. The van der Waals surface area contributed by atoms with Crippen LogP contribution in [-0.2, 0) is 11.2 Å². The smallest absolute Gasteiger partial charge is 0.326 e. The monoisotopic (exact) mass is 330 g/mol. The van der Waals surface area contributed by atoms with E-state index in [-0.39, 0.29) is 6.42 Å². The van der Waals surface area contributed by atoms with Gasteiger partial charge in [-0.3, -0.25) is 14.9 Å². The summed E-state index contributed by atoms with van der Waals surface area (Å²) in [6.07, 6.45) is -0.158. The predicted octanol–water partition coefficient (Wildman–Crippen LogP) is 1.73. The molecule has 24 heavy (non-hydrogen) atoms. The van der Waals surface area contributed by atoms with Crippen LogP contribution in [0.1, 0.15) is 15.9 Å². The molecule has 0 heterocycles. The van der Waals surface area contributed by atoms with E-state index in [2.05, 4.69) is 5.32 Å². The fourth-order valence-electron chi connectivity index (χ4n) is 2.11. The Morgan fingerprint density at radius 1 is 1.17 bits per heavy atom.